The van der Waals surface area contributed by atoms with E-state index >= 15 is 0 Å². The fourth-order valence-electron chi connectivity index (χ4n) is 1.24. The quantitative estimate of drug-likeness (QED) is 0.657. The van der Waals surface area contributed by atoms with E-state index in [4.69, 9.17) is 17.0 Å². The fraction of sp³-hybridized carbons (Fsp3) is 0.167. The SMILES string of the molecule is C=CCNC(=S)NC(=O)c1cc(Br)ccc1OC. The zero-order chi connectivity index (χ0) is 13.5. The molecule has 0 bridgehead atoms. The van der Waals surface area contributed by atoms with Gasteiger partial charge in [-0.25, -0.2) is 0 Å². The van der Waals surface area contributed by atoms with E-state index in [0.29, 0.717) is 17.9 Å². The lowest BCUT2D eigenvalue weighted by Crippen LogP contribution is -2.39. The van der Waals surface area contributed by atoms with Crippen molar-refractivity contribution in [2.24, 2.45) is 0 Å². The predicted octanol–water partition coefficient (Wildman–Crippen LogP) is 2.25. The Balaban J connectivity index is 2.80. The third-order valence-electron chi connectivity index (χ3n) is 2.04. The van der Waals surface area contributed by atoms with Crippen LogP contribution >= 0.6 is 28.1 Å². The topological polar surface area (TPSA) is 50.4 Å². The predicted molar refractivity (Wildman–Crippen MR) is 79.0 cm³/mol. The molecular formula is C12H13BrN2O2S. The van der Waals surface area contributed by atoms with Crippen LogP contribution in [0.15, 0.2) is 35.3 Å². The summed E-state index contributed by atoms with van der Waals surface area (Å²) in [5, 5.41) is 5.63. The minimum absolute atomic E-state index is 0.252. The molecule has 0 saturated carbocycles. The van der Waals surface area contributed by atoms with Crippen LogP contribution in [0.1, 0.15) is 10.4 Å². The Hall–Kier alpha value is -1.40. The Morgan fingerprint density at radius 3 is 2.94 bits per heavy atom. The number of carbonyl (C=O) groups is 1. The van der Waals surface area contributed by atoms with Crippen molar-refractivity contribution < 1.29 is 9.53 Å². The molecule has 2 N–H and O–H groups in total. The fourth-order valence-corrected chi connectivity index (χ4v) is 1.77. The first kappa shape index (κ1) is 14.7. The van der Waals surface area contributed by atoms with E-state index in [1.54, 1.807) is 24.3 Å². The van der Waals surface area contributed by atoms with Crippen LogP contribution in [0.5, 0.6) is 5.75 Å². The number of amides is 1. The zero-order valence-corrected chi connectivity index (χ0v) is 12.2. The number of thiocarbonyl (C=S) groups is 1. The lowest BCUT2D eigenvalue weighted by Gasteiger charge is -2.11. The minimum Gasteiger partial charge on any atom is -0.496 e. The largest absolute Gasteiger partial charge is 0.496 e. The van der Waals surface area contributed by atoms with Gasteiger partial charge in [0, 0.05) is 11.0 Å². The standard InChI is InChI=1S/C12H13BrN2O2S/c1-3-6-14-12(18)15-11(16)9-7-8(13)4-5-10(9)17-2/h3-5,7H,1,6H2,2H3,(H2,14,15,16,18). The summed E-state index contributed by atoms with van der Waals surface area (Å²) in [6.45, 7) is 4.04. The molecule has 0 saturated heterocycles. The molecule has 0 fully saturated rings. The third-order valence-corrected chi connectivity index (χ3v) is 2.78. The summed E-state index contributed by atoms with van der Waals surface area (Å²) >= 11 is 8.27. The summed E-state index contributed by atoms with van der Waals surface area (Å²) in [5.41, 5.74) is 0.412. The first-order valence-corrected chi connectivity index (χ1v) is 6.32. The lowest BCUT2D eigenvalue weighted by molar-refractivity contribution is 0.0973. The number of rotatable bonds is 4. The van der Waals surface area contributed by atoms with Crippen molar-refractivity contribution >= 4 is 39.2 Å². The van der Waals surface area contributed by atoms with E-state index in [9.17, 15) is 4.79 Å². The van der Waals surface area contributed by atoms with Gasteiger partial charge in [0.2, 0.25) is 0 Å². The van der Waals surface area contributed by atoms with Crippen LogP contribution in [0.2, 0.25) is 0 Å². The molecule has 0 aliphatic carbocycles. The molecule has 0 aromatic heterocycles. The van der Waals surface area contributed by atoms with Crippen LogP contribution in [0.4, 0.5) is 0 Å². The molecule has 1 rings (SSSR count). The van der Waals surface area contributed by atoms with Crippen molar-refractivity contribution in [3.05, 3.63) is 40.9 Å². The van der Waals surface area contributed by atoms with E-state index in [2.05, 4.69) is 33.1 Å². The Labute approximate surface area is 120 Å². The van der Waals surface area contributed by atoms with E-state index < -0.39 is 0 Å². The normalized spacial score (nSPS) is 9.44. The van der Waals surface area contributed by atoms with Crippen LogP contribution < -0.4 is 15.4 Å². The van der Waals surface area contributed by atoms with Crippen molar-refractivity contribution in [2.75, 3.05) is 13.7 Å². The van der Waals surface area contributed by atoms with Gasteiger partial charge in [-0.05, 0) is 30.4 Å². The Bertz CT molecular complexity index is 477. The molecule has 0 aliphatic heterocycles. The third kappa shape index (κ3) is 4.12. The molecular weight excluding hydrogens is 316 g/mol. The molecule has 6 heteroatoms. The number of methoxy groups -OCH3 is 1. The number of hydrogen-bond acceptors (Lipinski definition) is 3. The van der Waals surface area contributed by atoms with Crippen molar-refractivity contribution in [3.63, 3.8) is 0 Å². The van der Waals surface area contributed by atoms with Gasteiger partial charge in [0.15, 0.2) is 5.11 Å². The summed E-state index contributed by atoms with van der Waals surface area (Å²) in [5.74, 6) is 0.164. The van der Waals surface area contributed by atoms with Crippen LogP contribution in [-0.4, -0.2) is 24.7 Å². The molecule has 0 spiro atoms. The molecule has 4 nitrogen and oxygen atoms in total. The molecule has 96 valence electrons. The average Bonchev–Trinajstić information content (AvgIpc) is 2.36. The van der Waals surface area contributed by atoms with Crippen LogP contribution in [-0.2, 0) is 0 Å². The van der Waals surface area contributed by atoms with Gasteiger partial charge in [0.1, 0.15) is 5.75 Å². The van der Waals surface area contributed by atoms with Crippen molar-refractivity contribution in [1.29, 1.82) is 0 Å². The molecule has 18 heavy (non-hydrogen) atoms. The number of nitrogens with one attached hydrogen (secondary N) is 2. The molecule has 0 aliphatic rings. The highest BCUT2D eigenvalue weighted by Crippen LogP contribution is 2.22. The van der Waals surface area contributed by atoms with E-state index in [1.165, 1.54) is 7.11 Å². The van der Waals surface area contributed by atoms with Gasteiger partial charge in [-0.1, -0.05) is 22.0 Å². The van der Waals surface area contributed by atoms with Gasteiger partial charge in [-0.15, -0.1) is 6.58 Å². The zero-order valence-electron chi connectivity index (χ0n) is 9.83. The molecule has 0 heterocycles. The molecule has 1 aromatic carbocycles. The van der Waals surface area contributed by atoms with Crippen molar-refractivity contribution in [2.45, 2.75) is 0 Å². The number of benzene rings is 1. The van der Waals surface area contributed by atoms with E-state index in [-0.39, 0.29) is 11.0 Å². The van der Waals surface area contributed by atoms with E-state index in [1.807, 2.05) is 0 Å². The minimum atomic E-state index is -0.324. The maximum absolute atomic E-state index is 12.0. The first-order valence-electron chi connectivity index (χ1n) is 5.12. The second-order valence-electron chi connectivity index (χ2n) is 3.30. The lowest BCUT2D eigenvalue weighted by atomic mass is 10.2. The number of hydrogen-bond donors (Lipinski definition) is 2. The molecule has 1 amide bonds. The average molecular weight is 329 g/mol. The van der Waals surface area contributed by atoms with Crippen LogP contribution in [0.25, 0.3) is 0 Å². The van der Waals surface area contributed by atoms with Gasteiger partial charge in [0.25, 0.3) is 5.91 Å². The highest BCUT2D eigenvalue weighted by atomic mass is 79.9. The van der Waals surface area contributed by atoms with Crippen LogP contribution in [0, 0.1) is 0 Å². The monoisotopic (exact) mass is 328 g/mol. The summed E-state index contributed by atoms with van der Waals surface area (Å²) in [6, 6.07) is 5.17. The molecule has 0 radical (unpaired) electrons. The first-order chi connectivity index (χ1) is 8.58. The van der Waals surface area contributed by atoms with Gasteiger partial charge in [-0.3, -0.25) is 10.1 Å². The summed E-state index contributed by atoms with van der Waals surface area (Å²) < 4.78 is 5.91. The highest BCUT2D eigenvalue weighted by Gasteiger charge is 2.13. The number of carbonyl (C=O) groups excluding carboxylic acids is 1. The second-order valence-corrected chi connectivity index (χ2v) is 4.62. The number of halogens is 1. The maximum Gasteiger partial charge on any atom is 0.261 e. The van der Waals surface area contributed by atoms with Gasteiger partial charge >= 0.3 is 0 Å². The summed E-state index contributed by atoms with van der Waals surface area (Å²) in [4.78, 5) is 12.0. The Kier molecular flexibility index (Phi) is 5.80. The molecule has 0 atom stereocenters. The van der Waals surface area contributed by atoms with Crippen LogP contribution in [0.3, 0.4) is 0 Å². The Morgan fingerprint density at radius 1 is 1.61 bits per heavy atom. The maximum atomic E-state index is 12.0. The van der Waals surface area contributed by atoms with Gasteiger partial charge < -0.3 is 10.1 Å². The summed E-state index contributed by atoms with van der Waals surface area (Å²) in [6.07, 6.45) is 1.65. The number of ether oxygens (including phenoxy) is 1. The molecule has 1 aromatic rings. The second kappa shape index (κ2) is 7.13. The van der Waals surface area contributed by atoms with Gasteiger partial charge in [-0.2, -0.15) is 0 Å². The van der Waals surface area contributed by atoms with Crippen molar-refractivity contribution in [1.82, 2.24) is 10.6 Å². The molecule has 0 unspecified atom stereocenters. The smallest absolute Gasteiger partial charge is 0.261 e. The summed E-state index contributed by atoms with van der Waals surface area (Å²) in [7, 11) is 1.51. The Morgan fingerprint density at radius 2 is 2.33 bits per heavy atom. The van der Waals surface area contributed by atoms with Crippen molar-refractivity contribution in [3.8, 4) is 5.75 Å². The highest BCUT2D eigenvalue weighted by molar-refractivity contribution is 9.10. The van der Waals surface area contributed by atoms with Gasteiger partial charge in [0.05, 0.1) is 12.7 Å². The van der Waals surface area contributed by atoms with E-state index in [0.717, 1.165) is 4.47 Å².